The lowest BCUT2D eigenvalue weighted by atomic mass is 10.1. The van der Waals surface area contributed by atoms with Gasteiger partial charge >= 0.3 is 0 Å². The van der Waals surface area contributed by atoms with Gasteiger partial charge in [-0.2, -0.15) is 4.31 Å². The van der Waals surface area contributed by atoms with Gasteiger partial charge in [-0.3, -0.25) is 9.59 Å². The average molecular weight is 383 g/mol. The molecule has 0 unspecified atom stereocenters. The van der Waals surface area contributed by atoms with Crippen LogP contribution >= 0.6 is 11.6 Å². The summed E-state index contributed by atoms with van der Waals surface area (Å²) in [7, 11) is -3.70. The van der Waals surface area contributed by atoms with Gasteiger partial charge in [-0.1, -0.05) is 25.4 Å². The van der Waals surface area contributed by atoms with Gasteiger partial charge in [0.2, 0.25) is 10.0 Å². The summed E-state index contributed by atoms with van der Waals surface area (Å²) in [6, 6.07) is 8.71. The van der Waals surface area contributed by atoms with Gasteiger partial charge in [-0.25, -0.2) is 8.42 Å². The predicted molar refractivity (Wildman–Crippen MR) is 96.6 cm³/mol. The van der Waals surface area contributed by atoms with E-state index in [4.69, 9.17) is 11.6 Å². The van der Waals surface area contributed by atoms with Gasteiger partial charge in [-0.15, -0.1) is 0 Å². The third-order valence-electron chi connectivity index (χ3n) is 3.78. The summed E-state index contributed by atoms with van der Waals surface area (Å²) in [5, 5.41) is 0.501. The Morgan fingerprint density at radius 2 is 1.68 bits per heavy atom. The standard InChI is InChI=1S/C17H19ClN2O4S/c1-3-20(4-2)25(23,24)15-9-10-17(22)19(11-15)12-16(21)13-5-7-14(18)8-6-13/h5-11H,3-4,12H2,1-2H3. The minimum absolute atomic E-state index is 0.0142. The fourth-order valence-corrected chi connectivity index (χ4v) is 3.98. The molecular formula is C17H19ClN2O4S. The molecular weight excluding hydrogens is 364 g/mol. The number of halogens is 1. The van der Waals surface area contributed by atoms with Gasteiger partial charge in [-0.05, 0) is 30.3 Å². The molecule has 0 aliphatic rings. The van der Waals surface area contributed by atoms with E-state index in [9.17, 15) is 18.0 Å². The molecule has 25 heavy (non-hydrogen) atoms. The van der Waals surface area contributed by atoms with E-state index in [0.717, 1.165) is 10.6 Å². The van der Waals surface area contributed by atoms with Crippen LogP contribution in [0.2, 0.25) is 5.02 Å². The Labute approximate surface area is 151 Å². The largest absolute Gasteiger partial charge is 0.306 e. The molecule has 8 heteroatoms. The van der Waals surface area contributed by atoms with Crippen LogP contribution in [0, 0.1) is 0 Å². The van der Waals surface area contributed by atoms with Crippen molar-refractivity contribution in [3.05, 3.63) is 63.5 Å². The van der Waals surface area contributed by atoms with E-state index in [0.29, 0.717) is 23.7 Å². The average Bonchev–Trinajstić information content (AvgIpc) is 2.58. The fraction of sp³-hybridized carbons (Fsp3) is 0.294. The lowest BCUT2D eigenvalue weighted by Gasteiger charge is -2.19. The van der Waals surface area contributed by atoms with Crippen LogP contribution in [0.25, 0.3) is 0 Å². The van der Waals surface area contributed by atoms with E-state index in [1.807, 2.05) is 0 Å². The van der Waals surface area contributed by atoms with Crippen molar-refractivity contribution in [2.75, 3.05) is 13.1 Å². The molecule has 2 aromatic rings. The molecule has 0 fully saturated rings. The number of Topliss-reactive ketones (excluding diaryl/α,β-unsaturated/α-hetero) is 1. The Balaban J connectivity index is 2.35. The van der Waals surface area contributed by atoms with E-state index in [1.165, 1.54) is 16.6 Å². The third-order valence-corrected chi connectivity index (χ3v) is 6.07. The predicted octanol–water partition coefficient (Wildman–Crippen LogP) is 2.42. The number of ketones is 1. The number of hydrogen-bond donors (Lipinski definition) is 0. The van der Waals surface area contributed by atoms with E-state index in [-0.39, 0.29) is 17.2 Å². The Kier molecular flexibility index (Phi) is 6.16. The highest BCUT2D eigenvalue weighted by Gasteiger charge is 2.22. The maximum Gasteiger partial charge on any atom is 0.251 e. The molecule has 1 aromatic heterocycles. The van der Waals surface area contributed by atoms with Gasteiger partial charge in [0.15, 0.2) is 5.78 Å². The second-order valence-electron chi connectivity index (χ2n) is 5.35. The van der Waals surface area contributed by atoms with Crippen LogP contribution in [0.1, 0.15) is 24.2 Å². The number of nitrogens with zero attached hydrogens (tertiary/aromatic N) is 2. The number of hydrogen-bond acceptors (Lipinski definition) is 4. The molecule has 6 nitrogen and oxygen atoms in total. The molecule has 1 aromatic carbocycles. The van der Waals surface area contributed by atoms with Crippen molar-refractivity contribution in [2.24, 2.45) is 0 Å². The summed E-state index contributed by atoms with van der Waals surface area (Å²) < 4.78 is 27.5. The molecule has 0 spiro atoms. The lowest BCUT2D eigenvalue weighted by molar-refractivity contribution is 0.0970. The van der Waals surface area contributed by atoms with Gasteiger partial charge in [0.05, 0.1) is 11.4 Å². The highest BCUT2D eigenvalue weighted by molar-refractivity contribution is 7.89. The van der Waals surface area contributed by atoms with E-state index >= 15 is 0 Å². The second-order valence-corrected chi connectivity index (χ2v) is 7.72. The van der Waals surface area contributed by atoms with Crippen LogP contribution in [-0.4, -0.2) is 36.2 Å². The van der Waals surface area contributed by atoms with Crippen LogP contribution in [0.3, 0.4) is 0 Å². The van der Waals surface area contributed by atoms with Crippen molar-refractivity contribution in [1.29, 1.82) is 0 Å². The molecule has 1 heterocycles. The summed E-state index contributed by atoms with van der Waals surface area (Å²) in [6.45, 7) is 3.87. The van der Waals surface area contributed by atoms with E-state index in [1.54, 1.807) is 38.1 Å². The first kappa shape index (κ1) is 19.4. The highest BCUT2D eigenvalue weighted by Crippen LogP contribution is 2.14. The molecule has 2 rings (SSSR count). The SMILES string of the molecule is CCN(CC)S(=O)(=O)c1ccc(=O)n(CC(=O)c2ccc(Cl)cc2)c1. The first-order valence-corrected chi connectivity index (χ1v) is 9.60. The number of benzene rings is 1. The molecule has 0 saturated carbocycles. The topological polar surface area (TPSA) is 76.5 Å². The van der Waals surface area contributed by atoms with Crippen LogP contribution in [-0.2, 0) is 16.6 Å². The molecule has 0 bridgehead atoms. The number of sulfonamides is 1. The van der Waals surface area contributed by atoms with Crippen molar-refractivity contribution in [1.82, 2.24) is 8.87 Å². The smallest absolute Gasteiger partial charge is 0.251 e. The quantitative estimate of drug-likeness (QED) is 0.689. The summed E-state index contributed by atoms with van der Waals surface area (Å²) >= 11 is 5.79. The minimum atomic E-state index is -3.70. The first-order valence-electron chi connectivity index (χ1n) is 7.79. The van der Waals surface area contributed by atoms with E-state index in [2.05, 4.69) is 0 Å². The van der Waals surface area contributed by atoms with Gasteiger partial charge < -0.3 is 4.57 Å². The maximum absolute atomic E-state index is 12.6. The molecule has 0 saturated heterocycles. The Hall–Kier alpha value is -1.96. The van der Waals surface area contributed by atoms with Crippen molar-refractivity contribution >= 4 is 27.4 Å². The number of pyridine rings is 1. The number of carbonyl (C=O) groups is 1. The normalized spacial score (nSPS) is 11.7. The molecule has 134 valence electrons. The van der Waals surface area contributed by atoms with Crippen LogP contribution in [0.15, 0.2) is 52.3 Å². The van der Waals surface area contributed by atoms with Crippen molar-refractivity contribution < 1.29 is 13.2 Å². The summed E-state index contributed by atoms with van der Waals surface area (Å²) in [4.78, 5) is 24.3. The number of aromatic nitrogens is 1. The van der Waals surface area contributed by atoms with Crippen molar-refractivity contribution in [2.45, 2.75) is 25.3 Å². The lowest BCUT2D eigenvalue weighted by Crippen LogP contribution is -2.32. The van der Waals surface area contributed by atoms with Crippen LogP contribution in [0.5, 0.6) is 0 Å². The minimum Gasteiger partial charge on any atom is -0.306 e. The summed E-state index contributed by atoms with van der Waals surface area (Å²) in [5.74, 6) is -0.309. The fourth-order valence-electron chi connectivity index (χ4n) is 2.38. The highest BCUT2D eigenvalue weighted by atomic mass is 35.5. The molecule has 0 aliphatic carbocycles. The van der Waals surface area contributed by atoms with Gasteiger partial charge in [0.1, 0.15) is 0 Å². The summed E-state index contributed by atoms with van der Waals surface area (Å²) in [5.41, 5.74) is -0.0471. The van der Waals surface area contributed by atoms with Gasteiger partial charge in [0, 0.05) is 35.9 Å². The Morgan fingerprint density at radius 3 is 2.24 bits per heavy atom. The van der Waals surface area contributed by atoms with Crippen molar-refractivity contribution in [3.8, 4) is 0 Å². The maximum atomic E-state index is 12.6. The first-order chi connectivity index (χ1) is 11.8. The molecule has 0 atom stereocenters. The van der Waals surface area contributed by atoms with Crippen LogP contribution < -0.4 is 5.56 Å². The Bertz CT molecular complexity index is 916. The van der Waals surface area contributed by atoms with E-state index < -0.39 is 15.6 Å². The Morgan fingerprint density at radius 1 is 1.08 bits per heavy atom. The molecule has 0 N–H and O–H groups in total. The number of carbonyl (C=O) groups excluding carboxylic acids is 1. The van der Waals surface area contributed by atoms with Gasteiger partial charge in [0.25, 0.3) is 5.56 Å². The second kappa shape index (κ2) is 7.95. The van der Waals surface area contributed by atoms with Crippen LogP contribution in [0.4, 0.5) is 0 Å². The third kappa shape index (κ3) is 4.36. The number of rotatable bonds is 7. The summed E-state index contributed by atoms with van der Waals surface area (Å²) in [6.07, 6.45) is 1.21. The zero-order chi connectivity index (χ0) is 18.6. The molecule has 0 amide bonds. The van der Waals surface area contributed by atoms with Crippen molar-refractivity contribution in [3.63, 3.8) is 0 Å². The zero-order valence-corrected chi connectivity index (χ0v) is 15.5. The monoisotopic (exact) mass is 382 g/mol. The molecule has 0 aliphatic heterocycles. The molecule has 0 radical (unpaired) electrons. The zero-order valence-electron chi connectivity index (χ0n) is 14.0.